The van der Waals surface area contributed by atoms with Crippen molar-refractivity contribution in [2.24, 2.45) is 0 Å². The number of hydrogen-bond donors (Lipinski definition) is 0. The van der Waals surface area contributed by atoms with Crippen LogP contribution in [0, 0.1) is 0 Å². The molecule has 0 amide bonds. The largest absolute Gasteiger partial charge is 1.00 e. The van der Waals surface area contributed by atoms with Crippen LogP contribution in [0.2, 0.25) is 10.0 Å². The maximum Gasteiger partial charge on any atom is 0.244 e. The van der Waals surface area contributed by atoms with Crippen LogP contribution in [0.5, 0.6) is 0 Å². The fraction of sp³-hybridized carbons (Fsp3) is 0.148. The van der Waals surface area contributed by atoms with Gasteiger partial charge in [0.1, 0.15) is 25.0 Å². The minimum atomic E-state index is -0.231. The third-order valence-electron chi connectivity index (χ3n) is 5.34. The standard InChI is InChI=1S/C27H25Cl2N2O.ClH/c1-2-17-32-26(24-14-13-23(28)18-25(24)29)19-30-15-16-31(20-30)27(21-9-5-3-6-10-21)22-11-7-4-8-12-22;/h2-16,18,20,26-27H,1,17,19H2;1H/q+1;/p-1. The maximum absolute atomic E-state index is 6.48. The Morgan fingerprint density at radius 3 is 2.15 bits per heavy atom. The van der Waals surface area contributed by atoms with Gasteiger partial charge in [-0.15, -0.1) is 6.58 Å². The average molecular weight is 500 g/mol. The molecule has 33 heavy (non-hydrogen) atoms. The van der Waals surface area contributed by atoms with Crippen molar-refractivity contribution < 1.29 is 21.7 Å². The van der Waals surface area contributed by atoms with E-state index in [0.717, 1.165) is 5.56 Å². The maximum atomic E-state index is 6.48. The third-order valence-corrected chi connectivity index (χ3v) is 5.90. The normalized spacial score (nSPS) is 11.7. The Morgan fingerprint density at radius 1 is 0.939 bits per heavy atom. The van der Waals surface area contributed by atoms with Gasteiger partial charge in [-0.1, -0.05) is 96.0 Å². The lowest BCUT2D eigenvalue weighted by atomic mass is 9.99. The lowest BCUT2D eigenvalue weighted by Crippen LogP contribution is -3.00. The van der Waals surface area contributed by atoms with E-state index in [-0.39, 0.29) is 24.6 Å². The zero-order valence-electron chi connectivity index (χ0n) is 18.0. The number of hydrogen-bond acceptors (Lipinski definition) is 1. The first-order chi connectivity index (χ1) is 15.7. The summed E-state index contributed by atoms with van der Waals surface area (Å²) >= 11 is 12.6. The van der Waals surface area contributed by atoms with E-state index in [9.17, 15) is 0 Å². The van der Waals surface area contributed by atoms with E-state index in [2.05, 4.69) is 83.0 Å². The Bertz CT molecular complexity index is 1120. The molecule has 0 aliphatic rings. The minimum Gasteiger partial charge on any atom is -1.00 e. The molecule has 3 nitrogen and oxygen atoms in total. The number of ether oxygens (including phenoxy) is 1. The number of benzene rings is 3. The third kappa shape index (κ3) is 6.27. The summed E-state index contributed by atoms with van der Waals surface area (Å²) in [6.45, 7) is 4.82. The predicted molar refractivity (Wildman–Crippen MR) is 130 cm³/mol. The fourth-order valence-electron chi connectivity index (χ4n) is 3.86. The van der Waals surface area contributed by atoms with Crippen LogP contribution in [0.1, 0.15) is 28.8 Å². The molecule has 1 heterocycles. The summed E-state index contributed by atoms with van der Waals surface area (Å²) < 4.78 is 10.4. The summed E-state index contributed by atoms with van der Waals surface area (Å²) in [7, 11) is 0. The summed E-state index contributed by atoms with van der Waals surface area (Å²) in [5.74, 6) is 0. The average Bonchev–Trinajstić information content (AvgIpc) is 3.26. The summed E-state index contributed by atoms with van der Waals surface area (Å²) in [6, 6.07) is 26.6. The van der Waals surface area contributed by atoms with Crippen LogP contribution in [0.4, 0.5) is 0 Å². The van der Waals surface area contributed by atoms with Crippen LogP contribution in [-0.4, -0.2) is 11.2 Å². The van der Waals surface area contributed by atoms with Gasteiger partial charge >= 0.3 is 0 Å². The summed E-state index contributed by atoms with van der Waals surface area (Å²) in [4.78, 5) is 0. The van der Waals surface area contributed by atoms with E-state index in [4.69, 9.17) is 27.9 Å². The van der Waals surface area contributed by atoms with E-state index in [1.54, 1.807) is 12.1 Å². The second kappa shape index (κ2) is 12.1. The SMILES string of the molecule is C=CCOC(C[n+]1ccn(C(c2ccccc2)c2ccccc2)c1)c1ccc(Cl)cc1Cl.[Cl-]. The Morgan fingerprint density at radius 2 is 1.58 bits per heavy atom. The molecule has 1 unspecified atom stereocenters. The van der Waals surface area contributed by atoms with Gasteiger partial charge in [0.15, 0.2) is 6.04 Å². The van der Waals surface area contributed by atoms with Gasteiger partial charge in [-0.25, -0.2) is 9.13 Å². The molecule has 0 radical (unpaired) electrons. The van der Waals surface area contributed by atoms with Gasteiger partial charge in [0.2, 0.25) is 6.33 Å². The fourth-order valence-corrected chi connectivity index (χ4v) is 4.39. The van der Waals surface area contributed by atoms with Crippen molar-refractivity contribution in [2.75, 3.05) is 6.61 Å². The minimum absolute atomic E-state index is 0. The monoisotopic (exact) mass is 498 g/mol. The molecule has 6 heteroatoms. The predicted octanol–water partition coefficient (Wildman–Crippen LogP) is 3.67. The van der Waals surface area contributed by atoms with Crippen molar-refractivity contribution in [3.8, 4) is 0 Å². The topological polar surface area (TPSA) is 18.0 Å². The lowest BCUT2D eigenvalue weighted by Gasteiger charge is -2.17. The van der Waals surface area contributed by atoms with E-state index < -0.39 is 0 Å². The molecule has 0 N–H and O–H groups in total. The highest BCUT2D eigenvalue weighted by Crippen LogP contribution is 2.29. The molecule has 0 bridgehead atoms. The molecule has 4 aromatic rings. The van der Waals surface area contributed by atoms with Crippen LogP contribution in [0.25, 0.3) is 0 Å². The highest BCUT2D eigenvalue weighted by atomic mass is 35.5. The first kappa shape index (κ1) is 25.1. The first-order valence-corrected chi connectivity index (χ1v) is 11.2. The van der Waals surface area contributed by atoms with Gasteiger partial charge in [-0.05, 0) is 12.1 Å². The van der Waals surface area contributed by atoms with Crippen LogP contribution in [0.3, 0.4) is 0 Å². The van der Waals surface area contributed by atoms with Gasteiger partial charge < -0.3 is 17.1 Å². The van der Waals surface area contributed by atoms with Crippen molar-refractivity contribution in [2.45, 2.75) is 18.7 Å². The van der Waals surface area contributed by atoms with E-state index >= 15 is 0 Å². The van der Waals surface area contributed by atoms with Crippen molar-refractivity contribution in [3.05, 3.63) is 137 Å². The second-order valence-corrected chi connectivity index (χ2v) is 8.40. The number of aromatic nitrogens is 2. The highest BCUT2D eigenvalue weighted by molar-refractivity contribution is 6.35. The smallest absolute Gasteiger partial charge is 0.244 e. The molecule has 3 aromatic carbocycles. The molecule has 0 fully saturated rings. The van der Waals surface area contributed by atoms with E-state index in [1.165, 1.54) is 11.1 Å². The first-order valence-electron chi connectivity index (χ1n) is 10.5. The highest BCUT2D eigenvalue weighted by Gasteiger charge is 2.24. The molecular weight excluding hydrogens is 475 g/mol. The van der Waals surface area contributed by atoms with E-state index in [1.807, 2.05) is 24.3 Å². The molecule has 1 atom stereocenters. The van der Waals surface area contributed by atoms with E-state index in [0.29, 0.717) is 23.2 Å². The summed E-state index contributed by atoms with van der Waals surface area (Å²) in [5.41, 5.74) is 3.35. The zero-order valence-corrected chi connectivity index (χ0v) is 20.3. The molecule has 0 saturated heterocycles. The van der Waals surface area contributed by atoms with Gasteiger partial charge in [0.05, 0.1) is 6.61 Å². The lowest BCUT2D eigenvalue weighted by molar-refractivity contribution is -0.704. The summed E-state index contributed by atoms with van der Waals surface area (Å²) in [6.07, 6.45) is 7.78. The molecular formula is C27H25Cl3N2O. The Labute approximate surface area is 211 Å². The Kier molecular flexibility index (Phi) is 9.16. The Hall–Kier alpha value is -2.56. The molecule has 4 rings (SSSR count). The van der Waals surface area contributed by atoms with Crippen LogP contribution < -0.4 is 17.0 Å². The van der Waals surface area contributed by atoms with Gasteiger partial charge in [0.25, 0.3) is 0 Å². The van der Waals surface area contributed by atoms with Crippen LogP contribution in [-0.2, 0) is 11.3 Å². The molecule has 0 aliphatic heterocycles. The quantitative estimate of drug-likeness (QED) is 0.254. The second-order valence-electron chi connectivity index (χ2n) is 7.56. The summed E-state index contributed by atoms with van der Waals surface area (Å²) in [5, 5.41) is 1.20. The van der Waals surface area contributed by atoms with Crippen LogP contribution >= 0.6 is 23.2 Å². The van der Waals surface area contributed by atoms with Gasteiger partial charge in [-0.2, -0.15) is 0 Å². The Balaban J connectivity index is 0.00000306. The number of halogens is 3. The van der Waals surface area contributed by atoms with Crippen molar-refractivity contribution in [1.82, 2.24) is 4.57 Å². The molecule has 0 spiro atoms. The zero-order chi connectivity index (χ0) is 22.3. The van der Waals surface area contributed by atoms with Crippen molar-refractivity contribution >= 4 is 23.2 Å². The number of imidazole rings is 1. The van der Waals surface area contributed by atoms with Gasteiger partial charge in [-0.3, -0.25) is 0 Å². The van der Waals surface area contributed by atoms with Crippen molar-refractivity contribution in [1.29, 1.82) is 0 Å². The number of rotatable bonds is 9. The molecule has 170 valence electrons. The van der Waals surface area contributed by atoms with Crippen molar-refractivity contribution in [3.63, 3.8) is 0 Å². The molecule has 1 aromatic heterocycles. The van der Waals surface area contributed by atoms with Gasteiger partial charge in [0, 0.05) is 26.7 Å². The van der Waals surface area contributed by atoms with Crippen LogP contribution in [0.15, 0.2) is 110 Å². The number of nitrogens with zero attached hydrogens (tertiary/aromatic N) is 2. The molecule has 0 aliphatic carbocycles. The molecule has 0 saturated carbocycles.